The van der Waals surface area contributed by atoms with Crippen LogP contribution in [0.1, 0.15) is 15.9 Å². The van der Waals surface area contributed by atoms with Gasteiger partial charge in [-0.15, -0.1) is 12.4 Å². The van der Waals surface area contributed by atoms with Crippen molar-refractivity contribution in [2.75, 3.05) is 40.5 Å². The van der Waals surface area contributed by atoms with Crippen LogP contribution in [0.4, 0.5) is 13.2 Å². The Morgan fingerprint density at radius 1 is 1.15 bits per heavy atom. The number of nitrogens with one attached hydrogen (secondary N) is 2. The average Bonchev–Trinajstić information content (AvgIpc) is 2.56. The van der Waals surface area contributed by atoms with E-state index >= 15 is 0 Å². The number of carbonyl (C=O) groups excluding carboxylic acids is 1. The topological polar surface area (TPSA) is 93.7 Å². The third kappa shape index (κ3) is 7.08. The van der Waals surface area contributed by atoms with Gasteiger partial charge in [-0.3, -0.25) is 0 Å². The van der Waals surface area contributed by atoms with Crippen LogP contribution in [0.3, 0.4) is 0 Å². The third-order valence-electron chi connectivity index (χ3n) is 3.09. The SMILES string of the molecule is COCCNCCNS(=O)(=O)c1ccc(C(=O)OC)c(C(F)(F)F)c1.Cl. The Balaban J connectivity index is 0.00000625. The van der Waals surface area contributed by atoms with Crippen molar-refractivity contribution >= 4 is 28.4 Å². The number of alkyl halides is 3. The lowest BCUT2D eigenvalue weighted by Gasteiger charge is -2.14. The first-order valence-corrected chi connectivity index (χ1v) is 8.60. The van der Waals surface area contributed by atoms with Gasteiger partial charge in [-0.1, -0.05) is 0 Å². The molecular weight excluding hydrogens is 401 g/mol. The zero-order chi connectivity index (χ0) is 19.1. The van der Waals surface area contributed by atoms with Crippen molar-refractivity contribution in [2.24, 2.45) is 0 Å². The number of carbonyl (C=O) groups is 1. The maximum absolute atomic E-state index is 13.1. The fourth-order valence-electron chi connectivity index (χ4n) is 1.87. The Morgan fingerprint density at radius 3 is 2.35 bits per heavy atom. The smallest absolute Gasteiger partial charge is 0.417 e. The molecule has 0 amide bonds. The number of hydrogen-bond acceptors (Lipinski definition) is 6. The Bertz CT molecular complexity index is 698. The van der Waals surface area contributed by atoms with Gasteiger partial charge in [-0.25, -0.2) is 17.9 Å². The van der Waals surface area contributed by atoms with E-state index in [9.17, 15) is 26.4 Å². The van der Waals surface area contributed by atoms with E-state index in [4.69, 9.17) is 4.74 Å². The Kier molecular flexibility index (Phi) is 10.1. The summed E-state index contributed by atoms with van der Waals surface area (Å²) in [6.45, 7) is 1.20. The van der Waals surface area contributed by atoms with E-state index in [0.717, 1.165) is 19.2 Å². The highest BCUT2D eigenvalue weighted by Crippen LogP contribution is 2.33. The van der Waals surface area contributed by atoms with Gasteiger partial charge in [0.2, 0.25) is 10.0 Å². The normalized spacial score (nSPS) is 11.7. The summed E-state index contributed by atoms with van der Waals surface area (Å²) in [6.07, 6.45) is -4.91. The highest BCUT2D eigenvalue weighted by Gasteiger charge is 2.37. The first-order chi connectivity index (χ1) is 11.6. The van der Waals surface area contributed by atoms with Crippen molar-refractivity contribution in [3.63, 3.8) is 0 Å². The molecule has 0 saturated heterocycles. The molecule has 0 aliphatic rings. The summed E-state index contributed by atoms with van der Waals surface area (Å²) >= 11 is 0. The largest absolute Gasteiger partial charge is 0.465 e. The lowest BCUT2D eigenvalue weighted by molar-refractivity contribution is -0.138. The van der Waals surface area contributed by atoms with Crippen molar-refractivity contribution < 1.29 is 35.9 Å². The number of methoxy groups -OCH3 is 2. The predicted octanol–water partition coefficient (Wildman–Crippen LogP) is 1.43. The maximum atomic E-state index is 13.1. The standard InChI is InChI=1S/C14H19F3N2O5S.ClH/c1-23-8-7-18-5-6-19-25(21,22)10-3-4-11(13(20)24-2)12(9-10)14(15,16)17;/h3-4,9,18-19H,5-8H2,1-2H3;1H. The summed E-state index contributed by atoms with van der Waals surface area (Å²) in [5.74, 6) is -1.20. The number of hydrogen-bond donors (Lipinski definition) is 2. The Morgan fingerprint density at radius 2 is 1.81 bits per heavy atom. The molecule has 1 aromatic carbocycles. The summed E-state index contributed by atoms with van der Waals surface area (Å²) in [5, 5.41) is 2.88. The van der Waals surface area contributed by atoms with Crippen LogP contribution in [0.5, 0.6) is 0 Å². The van der Waals surface area contributed by atoms with Crippen LogP contribution in [-0.2, 0) is 25.7 Å². The van der Waals surface area contributed by atoms with Gasteiger partial charge in [-0.05, 0) is 18.2 Å². The van der Waals surface area contributed by atoms with Crippen molar-refractivity contribution in [1.29, 1.82) is 0 Å². The molecule has 0 aliphatic carbocycles. The molecule has 0 saturated carbocycles. The van der Waals surface area contributed by atoms with E-state index in [2.05, 4.69) is 14.8 Å². The molecule has 0 radical (unpaired) electrons. The quantitative estimate of drug-likeness (QED) is 0.463. The fourth-order valence-corrected chi connectivity index (χ4v) is 2.93. The monoisotopic (exact) mass is 420 g/mol. The zero-order valence-electron chi connectivity index (χ0n) is 14.1. The van der Waals surface area contributed by atoms with Crippen molar-refractivity contribution in [2.45, 2.75) is 11.1 Å². The van der Waals surface area contributed by atoms with Crippen molar-refractivity contribution in [1.82, 2.24) is 10.0 Å². The highest BCUT2D eigenvalue weighted by molar-refractivity contribution is 7.89. The van der Waals surface area contributed by atoms with E-state index in [-0.39, 0.29) is 25.5 Å². The number of benzene rings is 1. The molecule has 0 bridgehead atoms. The van der Waals surface area contributed by atoms with Crippen LogP contribution in [0.2, 0.25) is 0 Å². The number of sulfonamides is 1. The molecule has 0 aliphatic heterocycles. The van der Waals surface area contributed by atoms with Gasteiger partial charge in [0.25, 0.3) is 0 Å². The van der Waals surface area contributed by atoms with Crippen LogP contribution in [0, 0.1) is 0 Å². The molecule has 2 N–H and O–H groups in total. The molecule has 1 rings (SSSR count). The first-order valence-electron chi connectivity index (χ1n) is 7.12. The third-order valence-corrected chi connectivity index (χ3v) is 4.55. The van der Waals surface area contributed by atoms with E-state index in [1.807, 2.05) is 0 Å². The van der Waals surface area contributed by atoms with E-state index in [0.29, 0.717) is 19.2 Å². The Labute approximate surface area is 155 Å². The van der Waals surface area contributed by atoms with Gasteiger partial charge in [0.1, 0.15) is 0 Å². The summed E-state index contributed by atoms with van der Waals surface area (Å²) in [7, 11) is -1.71. The molecule has 26 heavy (non-hydrogen) atoms. The second-order valence-corrected chi connectivity index (χ2v) is 6.60. The van der Waals surface area contributed by atoms with Crippen LogP contribution < -0.4 is 10.0 Å². The van der Waals surface area contributed by atoms with Crippen molar-refractivity contribution in [3.8, 4) is 0 Å². The highest BCUT2D eigenvalue weighted by atomic mass is 35.5. The molecule has 0 atom stereocenters. The summed E-state index contributed by atoms with van der Waals surface area (Å²) in [6, 6.07) is 2.11. The van der Waals surface area contributed by atoms with Gasteiger partial charge >= 0.3 is 12.1 Å². The molecule has 7 nitrogen and oxygen atoms in total. The minimum Gasteiger partial charge on any atom is -0.465 e. The lowest BCUT2D eigenvalue weighted by atomic mass is 10.1. The van der Waals surface area contributed by atoms with Crippen LogP contribution in [0.15, 0.2) is 23.1 Å². The maximum Gasteiger partial charge on any atom is 0.417 e. The molecule has 0 spiro atoms. The van der Waals surface area contributed by atoms with E-state index < -0.39 is 38.2 Å². The van der Waals surface area contributed by atoms with Crippen molar-refractivity contribution in [3.05, 3.63) is 29.3 Å². The van der Waals surface area contributed by atoms with Gasteiger partial charge < -0.3 is 14.8 Å². The van der Waals surface area contributed by atoms with Gasteiger partial charge in [0.05, 0.1) is 29.7 Å². The van der Waals surface area contributed by atoms with Gasteiger partial charge in [0.15, 0.2) is 0 Å². The minimum absolute atomic E-state index is 0. The summed E-state index contributed by atoms with van der Waals surface area (Å²) in [4.78, 5) is 10.8. The average molecular weight is 421 g/mol. The molecule has 0 unspecified atom stereocenters. The van der Waals surface area contributed by atoms with Gasteiger partial charge in [-0.2, -0.15) is 13.2 Å². The predicted molar refractivity (Wildman–Crippen MR) is 90.0 cm³/mol. The van der Waals surface area contributed by atoms with Crippen LogP contribution in [-0.4, -0.2) is 54.8 Å². The molecule has 0 heterocycles. The molecular formula is C14H20ClF3N2O5S. The molecule has 0 aromatic heterocycles. The number of halogens is 4. The second kappa shape index (κ2) is 10.7. The van der Waals surface area contributed by atoms with E-state index in [1.54, 1.807) is 0 Å². The summed E-state index contributed by atoms with van der Waals surface area (Å²) < 4.78 is 74.8. The minimum atomic E-state index is -4.91. The summed E-state index contributed by atoms with van der Waals surface area (Å²) in [5.41, 5.74) is -2.13. The number of esters is 1. The zero-order valence-corrected chi connectivity index (χ0v) is 15.7. The van der Waals surface area contributed by atoms with E-state index in [1.165, 1.54) is 7.11 Å². The fraction of sp³-hybridized carbons (Fsp3) is 0.500. The number of ether oxygens (including phenoxy) is 2. The molecule has 150 valence electrons. The lowest BCUT2D eigenvalue weighted by Crippen LogP contribution is -2.33. The van der Waals surface area contributed by atoms with Gasteiger partial charge in [0, 0.05) is 26.7 Å². The molecule has 0 fully saturated rings. The Hall–Kier alpha value is -1.40. The number of rotatable bonds is 9. The second-order valence-electron chi connectivity index (χ2n) is 4.84. The first kappa shape index (κ1) is 24.6. The van der Waals surface area contributed by atoms with Crippen LogP contribution >= 0.6 is 12.4 Å². The molecule has 1 aromatic rings. The molecule has 12 heteroatoms. The van der Waals surface area contributed by atoms with Crippen LogP contribution in [0.25, 0.3) is 0 Å².